The zero-order valence-corrected chi connectivity index (χ0v) is 18.6. The molecular weight excluding hydrogens is 402 g/mol. The van der Waals surface area contributed by atoms with Crippen LogP contribution in [-0.4, -0.2) is 30.1 Å². The van der Waals surface area contributed by atoms with E-state index in [2.05, 4.69) is 29.6 Å². The van der Waals surface area contributed by atoms with Crippen LogP contribution in [0, 0.1) is 5.92 Å². The van der Waals surface area contributed by atoms with Crippen molar-refractivity contribution in [1.29, 1.82) is 0 Å². The van der Waals surface area contributed by atoms with E-state index in [9.17, 15) is 14.7 Å². The minimum Gasteiger partial charge on any atom is -0.492 e. The Morgan fingerprint density at radius 1 is 1.06 bits per heavy atom. The predicted octanol–water partition coefficient (Wildman–Crippen LogP) is 4.66. The van der Waals surface area contributed by atoms with Gasteiger partial charge in [-0.3, -0.25) is 9.59 Å². The molecule has 32 heavy (non-hydrogen) atoms. The van der Waals surface area contributed by atoms with Crippen molar-refractivity contribution >= 4 is 11.9 Å². The highest BCUT2D eigenvalue weighted by Gasteiger charge is 2.42. The molecule has 0 saturated heterocycles. The monoisotopic (exact) mass is 435 g/mol. The number of rotatable bonds is 9. The van der Waals surface area contributed by atoms with Crippen molar-refractivity contribution in [3.63, 3.8) is 0 Å². The van der Waals surface area contributed by atoms with Crippen LogP contribution in [0.25, 0.3) is 0 Å². The number of hydrogen-bond donors (Lipinski definition) is 2. The molecule has 1 spiro atoms. The molecule has 1 amide bonds. The zero-order chi connectivity index (χ0) is 22.4. The Labute approximate surface area is 190 Å². The van der Waals surface area contributed by atoms with Crippen molar-refractivity contribution < 1.29 is 19.4 Å². The number of hydrogen-bond acceptors (Lipinski definition) is 3. The van der Waals surface area contributed by atoms with Crippen molar-refractivity contribution in [3.05, 3.63) is 65.2 Å². The van der Waals surface area contributed by atoms with Gasteiger partial charge in [-0.1, -0.05) is 36.4 Å². The maximum Gasteiger partial charge on any atom is 0.306 e. The van der Waals surface area contributed by atoms with Gasteiger partial charge >= 0.3 is 5.97 Å². The third-order valence-corrected chi connectivity index (χ3v) is 7.22. The van der Waals surface area contributed by atoms with Crippen molar-refractivity contribution in [2.75, 3.05) is 13.2 Å². The van der Waals surface area contributed by atoms with E-state index in [0.717, 1.165) is 57.1 Å². The molecule has 0 atom stereocenters. The molecule has 2 aromatic carbocycles. The zero-order valence-electron chi connectivity index (χ0n) is 18.6. The van der Waals surface area contributed by atoms with Gasteiger partial charge < -0.3 is 15.2 Å². The molecule has 0 radical (unpaired) electrons. The number of fused-ring (bicyclic) bond motifs is 2. The molecule has 2 N–H and O–H groups in total. The fraction of sp³-hybridized carbons (Fsp3) is 0.481. The summed E-state index contributed by atoms with van der Waals surface area (Å²) in [5, 5.41) is 12.3. The summed E-state index contributed by atoms with van der Waals surface area (Å²) < 4.78 is 5.94. The third-order valence-electron chi connectivity index (χ3n) is 7.22. The highest BCUT2D eigenvalue weighted by molar-refractivity contribution is 5.75. The first-order valence-electron chi connectivity index (χ1n) is 11.9. The summed E-state index contributed by atoms with van der Waals surface area (Å²) in [7, 11) is 0. The first-order chi connectivity index (χ1) is 15.6. The summed E-state index contributed by atoms with van der Waals surface area (Å²) in [6.07, 6.45) is 7.85. The minimum atomic E-state index is -0.655. The van der Waals surface area contributed by atoms with Gasteiger partial charge in [0.05, 0.1) is 12.5 Å². The second-order valence-electron chi connectivity index (χ2n) is 9.25. The number of carbonyl (C=O) groups is 2. The van der Waals surface area contributed by atoms with E-state index < -0.39 is 5.97 Å². The standard InChI is InChI=1S/C27H33NO4/c29-25(8-4-7-20-5-2-1-3-6-20)28-17-18-32-23-10-9-21-11-14-27(24(21)19-23)15-12-22(13-16-27)26(30)31/h1-3,5-6,9-10,19,22H,4,7-8,11-18H2,(H,28,29)(H,30,31). The lowest BCUT2D eigenvalue weighted by molar-refractivity contribution is -0.143. The number of benzene rings is 2. The van der Waals surface area contributed by atoms with Gasteiger partial charge in [-0.25, -0.2) is 0 Å². The minimum absolute atomic E-state index is 0.0626. The van der Waals surface area contributed by atoms with Crippen LogP contribution < -0.4 is 10.1 Å². The second kappa shape index (κ2) is 10.2. The summed E-state index contributed by atoms with van der Waals surface area (Å²) >= 11 is 0. The maximum absolute atomic E-state index is 12.1. The first kappa shape index (κ1) is 22.4. The van der Waals surface area contributed by atoms with E-state index in [0.29, 0.717) is 19.6 Å². The number of carbonyl (C=O) groups excluding carboxylic acids is 1. The van der Waals surface area contributed by atoms with Crippen LogP contribution in [0.15, 0.2) is 48.5 Å². The number of carboxylic acid groups (broad SMARTS) is 1. The average molecular weight is 436 g/mol. The Hall–Kier alpha value is -2.82. The summed E-state index contributed by atoms with van der Waals surface area (Å²) in [5.74, 6) is 0.0500. The molecule has 1 fully saturated rings. The van der Waals surface area contributed by atoms with Crippen molar-refractivity contribution in [3.8, 4) is 5.75 Å². The predicted molar refractivity (Wildman–Crippen MR) is 124 cm³/mol. The molecule has 0 aromatic heterocycles. The van der Waals surface area contributed by atoms with Crippen LogP contribution in [0.5, 0.6) is 5.75 Å². The van der Waals surface area contributed by atoms with E-state index in [1.54, 1.807) is 0 Å². The van der Waals surface area contributed by atoms with Gasteiger partial charge in [-0.15, -0.1) is 0 Å². The molecule has 0 heterocycles. The fourth-order valence-corrected chi connectivity index (χ4v) is 5.35. The molecule has 0 bridgehead atoms. The molecule has 2 aliphatic rings. The van der Waals surface area contributed by atoms with Gasteiger partial charge in [-0.2, -0.15) is 0 Å². The first-order valence-corrected chi connectivity index (χ1v) is 11.9. The van der Waals surface area contributed by atoms with Crippen LogP contribution in [-0.2, 0) is 27.8 Å². The van der Waals surface area contributed by atoms with E-state index in [4.69, 9.17) is 4.74 Å². The average Bonchev–Trinajstić information content (AvgIpc) is 3.15. The van der Waals surface area contributed by atoms with E-state index in [1.165, 1.54) is 16.7 Å². The fourth-order valence-electron chi connectivity index (χ4n) is 5.35. The van der Waals surface area contributed by atoms with Crippen LogP contribution in [0.3, 0.4) is 0 Å². The molecule has 0 unspecified atom stereocenters. The molecule has 4 rings (SSSR count). The van der Waals surface area contributed by atoms with E-state index in [1.807, 2.05) is 24.3 Å². The summed E-state index contributed by atoms with van der Waals surface area (Å²) in [6, 6.07) is 16.6. The van der Waals surface area contributed by atoms with Crippen LogP contribution in [0.1, 0.15) is 61.6 Å². The second-order valence-corrected chi connectivity index (χ2v) is 9.25. The van der Waals surface area contributed by atoms with Crippen LogP contribution in [0.4, 0.5) is 0 Å². The lowest BCUT2D eigenvalue weighted by Gasteiger charge is -2.37. The Morgan fingerprint density at radius 2 is 1.84 bits per heavy atom. The van der Waals surface area contributed by atoms with Crippen LogP contribution in [0.2, 0.25) is 0 Å². The Kier molecular flexibility index (Phi) is 7.13. The Morgan fingerprint density at radius 3 is 2.59 bits per heavy atom. The van der Waals surface area contributed by atoms with Crippen molar-refractivity contribution in [2.45, 2.75) is 63.2 Å². The Balaban J connectivity index is 1.21. The van der Waals surface area contributed by atoms with E-state index >= 15 is 0 Å². The summed E-state index contributed by atoms with van der Waals surface area (Å²) in [5.41, 5.74) is 4.10. The number of carboxylic acids is 1. The quantitative estimate of drug-likeness (QED) is 0.562. The molecule has 2 aliphatic carbocycles. The van der Waals surface area contributed by atoms with Crippen molar-refractivity contribution in [1.82, 2.24) is 5.32 Å². The van der Waals surface area contributed by atoms with Gasteiger partial charge in [0, 0.05) is 6.42 Å². The number of aryl methyl sites for hydroxylation is 2. The lowest BCUT2D eigenvalue weighted by atomic mass is 9.67. The van der Waals surface area contributed by atoms with Gasteiger partial charge in [0.15, 0.2) is 0 Å². The highest BCUT2D eigenvalue weighted by Crippen LogP contribution is 2.50. The molecule has 1 saturated carbocycles. The smallest absolute Gasteiger partial charge is 0.306 e. The lowest BCUT2D eigenvalue weighted by Crippen LogP contribution is -2.32. The normalized spacial score (nSPS) is 21.8. The number of ether oxygens (including phenoxy) is 1. The molecule has 5 nitrogen and oxygen atoms in total. The highest BCUT2D eigenvalue weighted by atomic mass is 16.5. The van der Waals surface area contributed by atoms with Gasteiger partial charge in [0.2, 0.25) is 5.91 Å². The molecular formula is C27H33NO4. The molecule has 170 valence electrons. The van der Waals surface area contributed by atoms with Gasteiger partial charge in [0.1, 0.15) is 12.4 Å². The molecule has 5 heteroatoms. The molecule has 0 aliphatic heterocycles. The van der Waals surface area contributed by atoms with Crippen LogP contribution >= 0.6 is 0 Å². The number of amides is 1. The van der Waals surface area contributed by atoms with Gasteiger partial charge in [0.25, 0.3) is 0 Å². The Bertz CT molecular complexity index is 932. The van der Waals surface area contributed by atoms with Gasteiger partial charge in [-0.05, 0) is 85.6 Å². The largest absolute Gasteiger partial charge is 0.492 e. The molecule has 2 aromatic rings. The van der Waals surface area contributed by atoms with E-state index in [-0.39, 0.29) is 17.2 Å². The number of nitrogens with one attached hydrogen (secondary N) is 1. The summed E-state index contributed by atoms with van der Waals surface area (Å²) in [4.78, 5) is 23.4. The topological polar surface area (TPSA) is 75.6 Å². The maximum atomic E-state index is 12.1. The third kappa shape index (κ3) is 5.32. The van der Waals surface area contributed by atoms with Crippen molar-refractivity contribution in [2.24, 2.45) is 5.92 Å². The summed E-state index contributed by atoms with van der Waals surface area (Å²) in [6.45, 7) is 0.935. The SMILES string of the molecule is O=C(CCCc1ccccc1)NCCOc1ccc2c(c1)C1(CC2)CCC(C(=O)O)CC1. The number of aliphatic carboxylic acids is 1.